The van der Waals surface area contributed by atoms with Gasteiger partial charge in [0.15, 0.2) is 11.5 Å². The fourth-order valence-corrected chi connectivity index (χ4v) is 3.35. The number of nitrogens with one attached hydrogen (secondary N) is 1. The van der Waals surface area contributed by atoms with Crippen LogP contribution < -0.4 is 19.7 Å². The third kappa shape index (κ3) is 3.10. The van der Waals surface area contributed by atoms with E-state index in [9.17, 15) is 9.59 Å². The SMILES string of the molecule is Cc1ccccc1N1CC(C(=O)Nc2ccc3c(c2)OCCO3)CC1=O. The summed E-state index contributed by atoms with van der Waals surface area (Å²) >= 11 is 0. The van der Waals surface area contributed by atoms with Crippen LogP contribution >= 0.6 is 0 Å². The number of anilines is 2. The minimum atomic E-state index is -0.379. The van der Waals surface area contributed by atoms with Gasteiger partial charge in [-0.3, -0.25) is 9.59 Å². The van der Waals surface area contributed by atoms with Gasteiger partial charge in [0.05, 0.1) is 5.92 Å². The number of nitrogens with zero attached hydrogens (tertiary/aromatic N) is 1. The summed E-state index contributed by atoms with van der Waals surface area (Å²) in [5, 5.41) is 2.89. The van der Waals surface area contributed by atoms with Crippen molar-refractivity contribution in [2.45, 2.75) is 13.3 Å². The maximum Gasteiger partial charge on any atom is 0.229 e. The Morgan fingerprint density at radius 1 is 1.12 bits per heavy atom. The van der Waals surface area contributed by atoms with Crippen LogP contribution in [-0.4, -0.2) is 31.6 Å². The van der Waals surface area contributed by atoms with E-state index >= 15 is 0 Å². The first kappa shape index (κ1) is 16.4. The first-order chi connectivity index (χ1) is 12.6. The molecule has 2 aromatic carbocycles. The predicted octanol–water partition coefficient (Wildman–Crippen LogP) is 2.76. The van der Waals surface area contributed by atoms with Crippen LogP contribution in [-0.2, 0) is 9.59 Å². The molecule has 2 aromatic rings. The second-order valence-electron chi connectivity index (χ2n) is 6.54. The van der Waals surface area contributed by atoms with E-state index in [0.717, 1.165) is 11.3 Å². The van der Waals surface area contributed by atoms with Gasteiger partial charge in [-0.2, -0.15) is 0 Å². The van der Waals surface area contributed by atoms with Gasteiger partial charge in [-0.1, -0.05) is 18.2 Å². The van der Waals surface area contributed by atoms with E-state index in [-0.39, 0.29) is 24.2 Å². The van der Waals surface area contributed by atoms with Gasteiger partial charge in [0.1, 0.15) is 13.2 Å². The fraction of sp³-hybridized carbons (Fsp3) is 0.300. The number of hydrogen-bond donors (Lipinski definition) is 1. The van der Waals surface area contributed by atoms with E-state index in [0.29, 0.717) is 36.9 Å². The third-order valence-corrected chi connectivity index (χ3v) is 4.71. The van der Waals surface area contributed by atoms with Crippen LogP contribution in [0.1, 0.15) is 12.0 Å². The number of fused-ring (bicyclic) bond motifs is 1. The molecule has 0 aliphatic carbocycles. The Labute approximate surface area is 151 Å². The van der Waals surface area contributed by atoms with E-state index in [1.165, 1.54) is 0 Å². The Balaban J connectivity index is 1.46. The number of amides is 2. The van der Waals surface area contributed by atoms with Gasteiger partial charge >= 0.3 is 0 Å². The number of rotatable bonds is 3. The highest BCUT2D eigenvalue weighted by molar-refractivity contribution is 6.03. The van der Waals surface area contributed by atoms with E-state index in [2.05, 4.69) is 5.32 Å². The maximum atomic E-state index is 12.6. The molecule has 2 aliphatic rings. The van der Waals surface area contributed by atoms with Gasteiger partial charge in [-0.25, -0.2) is 0 Å². The van der Waals surface area contributed by atoms with Crippen molar-refractivity contribution >= 4 is 23.2 Å². The Morgan fingerprint density at radius 2 is 1.88 bits per heavy atom. The Morgan fingerprint density at radius 3 is 2.69 bits per heavy atom. The zero-order valence-corrected chi connectivity index (χ0v) is 14.5. The zero-order valence-electron chi connectivity index (χ0n) is 14.5. The van der Waals surface area contributed by atoms with Gasteiger partial charge in [-0.15, -0.1) is 0 Å². The van der Waals surface area contributed by atoms with Crippen molar-refractivity contribution in [3.05, 3.63) is 48.0 Å². The molecule has 6 nitrogen and oxygen atoms in total. The maximum absolute atomic E-state index is 12.6. The molecule has 134 valence electrons. The van der Waals surface area contributed by atoms with E-state index in [1.807, 2.05) is 31.2 Å². The summed E-state index contributed by atoms with van der Waals surface area (Å²) in [6.45, 7) is 3.37. The van der Waals surface area contributed by atoms with Crippen molar-refractivity contribution in [2.24, 2.45) is 5.92 Å². The number of carbonyl (C=O) groups is 2. The van der Waals surface area contributed by atoms with Crippen molar-refractivity contribution in [3.63, 3.8) is 0 Å². The Hall–Kier alpha value is -3.02. The molecule has 4 rings (SSSR count). The van der Waals surface area contributed by atoms with Crippen LogP contribution in [0.5, 0.6) is 11.5 Å². The Bertz CT molecular complexity index is 865. The van der Waals surface area contributed by atoms with Crippen LogP contribution in [0, 0.1) is 12.8 Å². The standard InChI is InChI=1S/C20H20N2O4/c1-13-4-2-3-5-16(13)22-12-14(10-19(22)23)20(24)21-15-6-7-17-18(11-15)26-9-8-25-17/h2-7,11,14H,8-10,12H2,1H3,(H,21,24). The lowest BCUT2D eigenvalue weighted by molar-refractivity contribution is -0.122. The number of para-hydroxylation sites is 1. The lowest BCUT2D eigenvalue weighted by Crippen LogP contribution is -2.28. The van der Waals surface area contributed by atoms with Crippen LogP contribution in [0.3, 0.4) is 0 Å². The topological polar surface area (TPSA) is 67.9 Å². The Kier molecular flexibility index (Phi) is 4.24. The lowest BCUT2D eigenvalue weighted by atomic mass is 10.1. The summed E-state index contributed by atoms with van der Waals surface area (Å²) in [6, 6.07) is 13.0. The highest BCUT2D eigenvalue weighted by Crippen LogP contribution is 2.33. The molecule has 0 saturated carbocycles. The zero-order chi connectivity index (χ0) is 18.1. The number of aryl methyl sites for hydroxylation is 1. The van der Waals surface area contributed by atoms with Gasteiger partial charge in [0.2, 0.25) is 11.8 Å². The van der Waals surface area contributed by atoms with Crippen molar-refractivity contribution in [1.29, 1.82) is 0 Å². The highest BCUT2D eigenvalue weighted by atomic mass is 16.6. The summed E-state index contributed by atoms with van der Waals surface area (Å²) in [4.78, 5) is 26.7. The number of ether oxygens (including phenoxy) is 2. The van der Waals surface area contributed by atoms with E-state index in [4.69, 9.17) is 9.47 Å². The summed E-state index contributed by atoms with van der Waals surface area (Å²) in [7, 11) is 0. The van der Waals surface area contributed by atoms with Gasteiger partial charge < -0.3 is 19.7 Å². The fourth-order valence-electron chi connectivity index (χ4n) is 3.35. The monoisotopic (exact) mass is 352 g/mol. The molecule has 2 heterocycles. The van der Waals surface area contributed by atoms with E-state index < -0.39 is 0 Å². The third-order valence-electron chi connectivity index (χ3n) is 4.71. The van der Waals surface area contributed by atoms with Crippen LogP contribution in [0.4, 0.5) is 11.4 Å². The second-order valence-corrected chi connectivity index (χ2v) is 6.54. The van der Waals surface area contributed by atoms with Crippen LogP contribution in [0.2, 0.25) is 0 Å². The van der Waals surface area contributed by atoms with Crippen molar-refractivity contribution in [2.75, 3.05) is 30.0 Å². The molecule has 2 amide bonds. The van der Waals surface area contributed by atoms with Crippen molar-refractivity contribution in [3.8, 4) is 11.5 Å². The molecule has 1 atom stereocenters. The molecule has 0 bridgehead atoms. The molecule has 1 saturated heterocycles. The van der Waals surface area contributed by atoms with Crippen molar-refractivity contribution in [1.82, 2.24) is 0 Å². The molecule has 2 aliphatic heterocycles. The van der Waals surface area contributed by atoms with Gasteiger partial charge in [0, 0.05) is 30.4 Å². The molecule has 1 fully saturated rings. The molecule has 1 unspecified atom stereocenters. The highest BCUT2D eigenvalue weighted by Gasteiger charge is 2.35. The summed E-state index contributed by atoms with van der Waals surface area (Å²) in [5.74, 6) is 0.733. The normalized spacial score (nSPS) is 18.7. The summed E-state index contributed by atoms with van der Waals surface area (Å²) in [5.41, 5.74) is 2.53. The largest absolute Gasteiger partial charge is 0.486 e. The van der Waals surface area contributed by atoms with Crippen LogP contribution in [0.25, 0.3) is 0 Å². The number of carbonyl (C=O) groups excluding carboxylic acids is 2. The molecule has 0 radical (unpaired) electrons. The average molecular weight is 352 g/mol. The minimum Gasteiger partial charge on any atom is -0.486 e. The summed E-state index contributed by atoms with van der Waals surface area (Å²) < 4.78 is 11.0. The molecule has 0 spiro atoms. The molecule has 0 aromatic heterocycles. The lowest BCUT2D eigenvalue weighted by Gasteiger charge is -2.20. The summed E-state index contributed by atoms with van der Waals surface area (Å²) in [6.07, 6.45) is 0.213. The average Bonchev–Trinajstić information content (AvgIpc) is 3.04. The van der Waals surface area contributed by atoms with Crippen molar-refractivity contribution < 1.29 is 19.1 Å². The van der Waals surface area contributed by atoms with Crippen LogP contribution in [0.15, 0.2) is 42.5 Å². The quantitative estimate of drug-likeness (QED) is 0.922. The first-order valence-electron chi connectivity index (χ1n) is 8.68. The van der Waals surface area contributed by atoms with Gasteiger partial charge in [0.25, 0.3) is 0 Å². The predicted molar refractivity (Wildman–Crippen MR) is 97.7 cm³/mol. The first-order valence-corrected chi connectivity index (χ1v) is 8.68. The molecule has 26 heavy (non-hydrogen) atoms. The number of benzene rings is 2. The molecular formula is C20H20N2O4. The molecular weight excluding hydrogens is 332 g/mol. The smallest absolute Gasteiger partial charge is 0.229 e. The molecule has 1 N–H and O–H groups in total. The number of hydrogen-bond acceptors (Lipinski definition) is 4. The van der Waals surface area contributed by atoms with E-state index in [1.54, 1.807) is 23.1 Å². The molecule has 6 heteroatoms. The second kappa shape index (κ2) is 6.71. The van der Waals surface area contributed by atoms with Gasteiger partial charge in [-0.05, 0) is 30.7 Å². The minimum absolute atomic E-state index is 0.0263.